The van der Waals surface area contributed by atoms with Gasteiger partial charge in [-0.25, -0.2) is 4.98 Å². The lowest BCUT2D eigenvalue weighted by molar-refractivity contribution is -0.125. The van der Waals surface area contributed by atoms with Gasteiger partial charge in [0.15, 0.2) is 11.5 Å². The second-order valence-electron chi connectivity index (χ2n) is 7.14. The number of likely N-dealkylation sites (N-methyl/N-ethyl adjacent to an activating group) is 1. The molecule has 3 rings (SSSR count). The largest absolute Gasteiger partial charge is 0.493 e. The summed E-state index contributed by atoms with van der Waals surface area (Å²) in [6, 6.07) is 7.49. The molecule has 0 spiro atoms. The number of para-hydroxylation sites is 1. The molecule has 164 valence electrons. The second-order valence-corrected chi connectivity index (χ2v) is 7.14. The van der Waals surface area contributed by atoms with Crippen LogP contribution in [0.2, 0.25) is 0 Å². The highest BCUT2D eigenvalue weighted by Crippen LogP contribution is 2.32. The Balaban J connectivity index is 1.69. The lowest BCUT2D eigenvalue weighted by atomic mass is 10.1. The number of methoxy groups -OCH3 is 1. The third kappa shape index (κ3) is 5.82. The Morgan fingerprint density at radius 1 is 1.35 bits per heavy atom. The summed E-state index contributed by atoms with van der Waals surface area (Å²) in [5.74, 6) is 1.40. The number of ether oxygens (including phenoxy) is 3. The van der Waals surface area contributed by atoms with E-state index in [1.807, 2.05) is 31.2 Å². The molecule has 2 amide bonds. The van der Waals surface area contributed by atoms with Crippen molar-refractivity contribution < 1.29 is 23.8 Å². The van der Waals surface area contributed by atoms with Crippen LogP contribution in [0.3, 0.4) is 0 Å². The van der Waals surface area contributed by atoms with Crippen molar-refractivity contribution >= 4 is 23.7 Å². The van der Waals surface area contributed by atoms with Gasteiger partial charge in [0.25, 0.3) is 5.91 Å². The number of carbonyl (C=O) groups is 2. The van der Waals surface area contributed by atoms with Crippen molar-refractivity contribution in [2.45, 2.75) is 26.5 Å². The summed E-state index contributed by atoms with van der Waals surface area (Å²) in [6.45, 7) is 3.26. The number of hydrogen-bond acceptors (Lipinski definition) is 6. The highest BCUT2D eigenvalue weighted by Gasteiger charge is 2.16. The van der Waals surface area contributed by atoms with Crippen LogP contribution in [0.1, 0.15) is 30.0 Å². The predicted octanol–water partition coefficient (Wildman–Crippen LogP) is 3.02. The molecule has 2 aromatic rings. The molecule has 0 aliphatic carbocycles. The van der Waals surface area contributed by atoms with Crippen molar-refractivity contribution in [2.24, 2.45) is 0 Å². The Labute approximate surface area is 181 Å². The predicted molar refractivity (Wildman–Crippen MR) is 117 cm³/mol. The topological polar surface area (TPSA) is 90.0 Å². The van der Waals surface area contributed by atoms with Crippen molar-refractivity contribution in [1.82, 2.24) is 9.88 Å². The van der Waals surface area contributed by atoms with Gasteiger partial charge in [0.2, 0.25) is 5.91 Å². The minimum atomic E-state index is -0.230. The zero-order valence-electron chi connectivity index (χ0n) is 18.0. The molecule has 2 heterocycles. The first-order chi connectivity index (χ1) is 15.0. The van der Waals surface area contributed by atoms with E-state index in [0.29, 0.717) is 30.5 Å². The quantitative estimate of drug-likeness (QED) is 0.654. The van der Waals surface area contributed by atoms with Crippen molar-refractivity contribution in [3.63, 3.8) is 0 Å². The van der Waals surface area contributed by atoms with Gasteiger partial charge in [0.05, 0.1) is 20.3 Å². The molecule has 1 aliphatic heterocycles. The number of nitrogens with zero attached hydrogens (tertiary/aromatic N) is 2. The molecule has 0 bridgehead atoms. The maximum absolute atomic E-state index is 12.7. The molecule has 1 aromatic carbocycles. The zero-order chi connectivity index (χ0) is 22.2. The van der Waals surface area contributed by atoms with Crippen LogP contribution in [-0.2, 0) is 27.5 Å². The number of amides is 2. The number of pyridine rings is 1. The molecule has 0 radical (unpaired) electrons. The molecule has 1 aromatic heterocycles. The molecule has 1 N–H and O–H groups in total. The average molecular weight is 425 g/mol. The highest BCUT2D eigenvalue weighted by molar-refractivity contribution is 5.93. The van der Waals surface area contributed by atoms with Gasteiger partial charge in [-0.05, 0) is 30.2 Å². The molecule has 0 fully saturated rings. The molecule has 0 saturated carbocycles. The highest BCUT2D eigenvalue weighted by atomic mass is 16.5. The third-order valence-electron chi connectivity index (χ3n) is 4.67. The maximum Gasteiger partial charge on any atom is 0.251 e. The van der Waals surface area contributed by atoms with Crippen LogP contribution in [0.4, 0.5) is 5.82 Å². The van der Waals surface area contributed by atoms with E-state index in [9.17, 15) is 9.59 Å². The second kappa shape index (κ2) is 10.6. The van der Waals surface area contributed by atoms with Gasteiger partial charge in [0.1, 0.15) is 12.4 Å². The fourth-order valence-electron chi connectivity index (χ4n) is 3.11. The van der Waals surface area contributed by atoms with E-state index in [0.717, 1.165) is 23.1 Å². The number of nitrogens with one attached hydrogen (secondary N) is 1. The van der Waals surface area contributed by atoms with Crippen molar-refractivity contribution in [3.8, 4) is 11.5 Å². The smallest absolute Gasteiger partial charge is 0.251 e. The summed E-state index contributed by atoms with van der Waals surface area (Å²) in [5.41, 5.74) is 2.38. The van der Waals surface area contributed by atoms with Gasteiger partial charge in [-0.15, -0.1) is 0 Å². The first kappa shape index (κ1) is 22.3. The van der Waals surface area contributed by atoms with Gasteiger partial charge in [0, 0.05) is 37.0 Å². The van der Waals surface area contributed by atoms with E-state index in [4.69, 9.17) is 14.2 Å². The number of fused-ring (bicyclic) bond motifs is 1. The minimum absolute atomic E-state index is 0.000949. The van der Waals surface area contributed by atoms with Gasteiger partial charge < -0.3 is 24.4 Å². The van der Waals surface area contributed by atoms with Gasteiger partial charge in [-0.2, -0.15) is 0 Å². The van der Waals surface area contributed by atoms with Crippen molar-refractivity contribution in [2.75, 3.05) is 32.7 Å². The summed E-state index contributed by atoms with van der Waals surface area (Å²) >= 11 is 0. The fraction of sp³-hybridized carbons (Fsp3) is 0.348. The lowest BCUT2D eigenvalue weighted by Gasteiger charge is -2.19. The lowest BCUT2D eigenvalue weighted by Crippen LogP contribution is -2.24. The van der Waals surface area contributed by atoms with Crippen LogP contribution >= 0.6 is 0 Å². The standard InChI is InChI=1S/C23H27N3O5/c1-4-10-31-22-17(6-5-7-19(22)29-3)13-26(2)21(28)9-8-16-11-18-14-30-15-20(27)25-23(18)24-12-16/h5-9,11-12H,4,10,13-15H2,1-3H3,(H,24,25,27)/b9-8+. The third-order valence-corrected chi connectivity index (χ3v) is 4.67. The monoisotopic (exact) mass is 425 g/mol. The van der Waals surface area contributed by atoms with E-state index < -0.39 is 0 Å². The molecule has 1 aliphatic rings. The molecule has 0 unspecified atom stereocenters. The number of hydrogen-bond donors (Lipinski definition) is 1. The summed E-state index contributed by atoms with van der Waals surface area (Å²) in [6.07, 6.45) is 5.66. The molecule has 0 atom stereocenters. The Kier molecular flexibility index (Phi) is 7.61. The van der Waals surface area contributed by atoms with Gasteiger partial charge in [-0.3, -0.25) is 9.59 Å². The van der Waals surface area contributed by atoms with Gasteiger partial charge >= 0.3 is 0 Å². The van der Waals surface area contributed by atoms with E-state index in [1.54, 1.807) is 31.3 Å². The fourth-order valence-corrected chi connectivity index (χ4v) is 3.11. The van der Waals surface area contributed by atoms with E-state index in [-0.39, 0.29) is 25.0 Å². The average Bonchev–Trinajstić information content (AvgIpc) is 2.96. The molecule has 8 nitrogen and oxygen atoms in total. The molecular formula is C23H27N3O5. The summed E-state index contributed by atoms with van der Waals surface area (Å²) in [4.78, 5) is 30.1. The minimum Gasteiger partial charge on any atom is -0.493 e. The van der Waals surface area contributed by atoms with Crippen LogP contribution in [0, 0.1) is 0 Å². The van der Waals surface area contributed by atoms with Crippen LogP contribution in [0.5, 0.6) is 11.5 Å². The van der Waals surface area contributed by atoms with Crippen LogP contribution in [-0.4, -0.2) is 49.1 Å². The zero-order valence-corrected chi connectivity index (χ0v) is 18.0. The Bertz CT molecular complexity index is 974. The van der Waals surface area contributed by atoms with E-state index in [1.165, 1.54) is 6.08 Å². The number of carbonyl (C=O) groups excluding carboxylic acids is 2. The van der Waals surface area contributed by atoms with E-state index >= 15 is 0 Å². The van der Waals surface area contributed by atoms with Crippen molar-refractivity contribution in [3.05, 3.63) is 53.2 Å². The van der Waals surface area contributed by atoms with Gasteiger partial charge in [-0.1, -0.05) is 19.1 Å². The molecule has 8 heteroatoms. The number of rotatable bonds is 8. The number of anilines is 1. The first-order valence-corrected chi connectivity index (χ1v) is 10.1. The SMILES string of the molecule is CCCOc1c(CN(C)C(=O)/C=C/c2cnc3c(c2)COCC(=O)N3)cccc1OC. The maximum atomic E-state index is 12.7. The normalized spacial score (nSPS) is 13.3. The van der Waals surface area contributed by atoms with Crippen LogP contribution in [0.15, 0.2) is 36.5 Å². The first-order valence-electron chi connectivity index (χ1n) is 10.1. The Hall–Kier alpha value is -3.39. The number of aromatic nitrogens is 1. The summed E-state index contributed by atoms with van der Waals surface area (Å²) in [7, 11) is 3.33. The molecule has 31 heavy (non-hydrogen) atoms. The van der Waals surface area contributed by atoms with Crippen LogP contribution < -0.4 is 14.8 Å². The van der Waals surface area contributed by atoms with Crippen LogP contribution in [0.25, 0.3) is 6.08 Å². The molecular weight excluding hydrogens is 398 g/mol. The summed E-state index contributed by atoms with van der Waals surface area (Å²) in [5, 5.41) is 2.69. The Morgan fingerprint density at radius 3 is 2.97 bits per heavy atom. The number of benzene rings is 1. The Morgan fingerprint density at radius 2 is 2.19 bits per heavy atom. The molecule has 0 saturated heterocycles. The van der Waals surface area contributed by atoms with Crippen molar-refractivity contribution in [1.29, 1.82) is 0 Å². The van der Waals surface area contributed by atoms with E-state index in [2.05, 4.69) is 10.3 Å². The summed E-state index contributed by atoms with van der Waals surface area (Å²) < 4.78 is 16.6.